The highest BCUT2D eigenvalue weighted by molar-refractivity contribution is 6.00. The number of anilines is 1. The molecule has 2 aromatic rings. The minimum absolute atomic E-state index is 0.0360. The average molecular weight is 343 g/mol. The third-order valence-corrected chi connectivity index (χ3v) is 4.62. The molecule has 1 aromatic heterocycles. The number of amides is 1. The normalized spacial score (nSPS) is 16.8. The van der Waals surface area contributed by atoms with Crippen LogP contribution in [0.15, 0.2) is 23.0 Å². The zero-order chi connectivity index (χ0) is 18.0. The Morgan fingerprint density at radius 2 is 2.16 bits per heavy atom. The molecule has 1 aliphatic rings. The molecule has 25 heavy (non-hydrogen) atoms. The molecule has 1 atom stereocenters. The van der Waals surface area contributed by atoms with E-state index >= 15 is 0 Å². The van der Waals surface area contributed by atoms with Gasteiger partial charge >= 0.3 is 5.69 Å². The quantitative estimate of drug-likeness (QED) is 0.881. The molecule has 1 unspecified atom stereocenters. The van der Waals surface area contributed by atoms with Crippen molar-refractivity contribution in [2.24, 2.45) is 7.05 Å². The van der Waals surface area contributed by atoms with Gasteiger partial charge in [-0.3, -0.25) is 9.36 Å². The van der Waals surface area contributed by atoms with Gasteiger partial charge in [-0.1, -0.05) is 11.6 Å². The van der Waals surface area contributed by atoms with Crippen LogP contribution in [0.4, 0.5) is 5.69 Å². The van der Waals surface area contributed by atoms with Gasteiger partial charge in [-0.2, -0.15) is 5.10 Å². The number of hydrogen-bond acceptors (Lipinski definition) is 4. The maximum Gasteiger partial charge on any atom is 0.345 e. The van der Waals surface area contributed by atoms with Crippen molar-refractivity contribution in [3.63, 3.8) is 0 Å². The Hall–Kier alpha value is -2.57. The number of carbonyl (C=O) groups excluding carboxylic acids is 1. The summed E-state index contributed by atoms with van der Waals surface area (Å²) in [5.41, 5.74) is 2.48. The summed E-state index contributed by atoms with van der Waals surface area (Å²) in [7, 11) is 1.67. The minimum atomic E-state index is -0.0879. The summed E-state index contributed by atoms with van der Waals surface area (Å²) < 4.78 is 3.09. The van der Waals surface area contributed by atoms with E-state index in [0.29, 0.717) is 18.5 Å². The molecular weight excluding hydrogens is 318 g/mol. The molecule has 0 bridgehead atoms. The fourth-order valence-corrected chi connectivity index (χ4v) is 3.30. The van der Waals surface area contributed by atoms with Gasteiger partial charge in [0.1, 0.15) is 5.82 Å². The average Bonchev–Trinajstić information content (AvgIpc) is 2.74. The van der Waals surface area contributed by atoms with Gasteiger partial charge in [-0.15, -0.1) is 0 Å². The van der Waals surface area contributed by atoms with E-state index in [1.165, 1.54) is 4.68 Å². The van der Waals surface area contributed by atoms with Crippen molar-refractivity contribution in [3.05, 3.63) is 45.6 Å². The highest BCUT2D eigenvalue weighted by atomic mass is 16.2. The molecule has 0 saturated carbocycles. The molecule has 0 radical (unpaired) electrons. The Balaban J connectivity index is 1.72. The molecule has 0 aliphatic carbocycles. The zero-order valence-electron chi connectivity index (χ0n) is 15.0. The van der Waals surface area contributed by atoms with Crippen LogP contribution in [0.5, 0.6) is 0 Å². The van der Waals surface area contributed by atoms with Gasteiger partial charge in [0.05, 0.1) is 5.56 Å². The van der Waals surface area contributed by atoms with E-state index in [4.69, 9.17) is 0 Å². The number of carbonyl (C=O) groups is 1. The first-order valence-electron chi connectivity index (χ1n) is 8.77. The van der Waals surface area contributed by atoms with E-state index in [9.17, 15) is 9.59 Å². The highest BCUT2D eigenvalue weighted by Gasteiger charge is 2.22. The number of nitrogens with one attached hydrogen (secondary N) is 2. The van der Waals surface area contributed by atoms with E-state index in [1.807, 2.05) is 32.0 Å². The van der Waals surface area contributed by atoms with E-state index in [1.54, 1.807) is 11.6 Å². The van der Waals surface area contributed by atoms with Crippen molar-refractivity contribution in [1.82, 2.24) is 19.7 Å². The molecular formula is C18H25N5O2. The highest BCUT2D eigenvalue weighted by Crippen LogP contribution is 2.19. The molecule has 0 fully saturated rings. The molecule has 1 aromatic carbocycles. The Labute approximate surface area is 147 Å². The lowest BCUT2D eigenvalue weighted by molar-refractivity contribution is 0.0933. The first-order valence-corrected chi connectivity index (χ1v) is 8.77. The van der Waals surface area contributed by atoms with E-state index < -0.39 is 0 Å². The maximum absolute atomic E-state index is 12.8. The van der Waals surface area contributed by atoms with Crippen molar-refractivity contribution >= 4 is 11.6 Å². The van der Waals surface area contributed by atoms with Gasteiger partial charge in [0, 0.05) is 38.3 Å². The summed E-state index contributed by atoms with van der Waals surface area (Å²) in [4.78, 5) is 24.8. The Kier molecular flexibility index (Phi) is 4.92. The number of aromatic nitrogens is 3. The summed E-state index contributed by atoms with van der Waals surface area (Å²) >= 11 is 0. The Morgan fingerprint density at radius 3 is 2.92 bits per heavy atom. The van der Waals surface area contributed by atoms with Crippen LogP contribution >= 0.6 is 0 Å². The molecule has 0 saturated heterocycles. The lowest BCUT2D eigenvalue weighted by atomic mass is 10.1. The number of benzene rings is 1. The second-order valence-corrected chi connectivity index (χ2v) is 6.55. The molecule has 0 spiro atoms. The van der Waals surface area contributed by atoms with Crippen LogP contribution in [0.2, 0.25) is 0 Å². The number of rotatable bonds is 4. The minimum Gasteiger partial charge on any atom is -0.385 e. The third-order valence-electron chi connectivity index (χ3n) is 4.62. The van der Waals surface area contributed by atoms with Crippen molar-refractivity contribution in [1.29, 1.82) is 0 Å². The summed E-state index contributed by atoms with van der Waals surface area (Å²) in [6.07, 6.45) is 2.20. The predicted octanol–water partition coefficient (Wildman–Crippen LogP) is 1.46. The lowest BCUT2D eigenvalue weighted by Gasteiger charge is -2.18. The second-order valence-electron chi connectivity index (χ2n) is 6.55. The summed E-state index contributed by atoms with van der Waals surface area (Å²) in [6, 6.07) is 5.88. The maximum atomic E-state index is 12.8. The fraction of sp³-hybridized carbons (Fsp3) is 0.500. The lowest BCUT2D eigenvalue weighted by Crippen LogP contribution is -2.36. The van der Waals surface area contributed by atoms with Crippen LogP contribution in [0.25, 0.3) is 0 Å². The van der Waals surface area contributed by atoms with E-state index in [0.717, 1.165) is 36.5 Å². The van der Waals surface area contributed by atoms with Gasteiger partial charge < -0.3 is 10.6 Å². The fourth-order valence-electron chi connectivity index (χ4n) is 3.30. The first kappa shape index (κ1) is 17.3. The van der Waals surface area contributed by atoms with Gasteiger partial charge in [0.25, 0.3) is 5.91 Å². The number of fused-ring (bicyclic) bond motifs is 1. The predicted molar refractivity (Wildman–Crippen MR) is 97.0 cm³/mol. The molecule has 2 N–H and O–H groups in total. The standard InChI is InChI=1S/C18H25N5O2/c1-4-19-15-7-5-12(2)11-14(15)17(24)20-13-6-8-16-21-22(3)18(25)23(16)10-9-13/h5,7,11,13,19H,4,6,8-10H2,1-3H3,(H,20,24). The monoisotopic (exact) mass is 343 g/mol. The number of nitrogens with zero attached hydrogens (tertiary/aromatic N) is 3. The zero-order valence-corrected chi connectivity index (χ0v) is 15.0. The Bertz CT molecular complexity index is 836. The molecule has 2 heterocycles. The van der Waals surface area contributed by atoms with E-state index in [2.05, 4.69) is 15.7 Å². The van der Waals surface area contributed by atoms with Gasteiger partial charge in [0.2, 0.25) is 0 Å². The van der Waals surface area contributed by atoms with Gasteiger partial charge in [-0.25, -0.2) is 9.48 Å². The van der Waals surface area contributed by atoms with Crippen molar-refractivity contribution in [3.8, 4) is 0 Å². The topological polar surface area (TPSA) is 81.0 Å². The van der Waals surface area contributed by atoms with Crippen LogP contribution in [-0.4, -0.2) is 32.8 Å². The van der Waals surface area contributed by atoms with Crippen LogP contribution in [0.1, 0.15) is 41.5 Å². The smallest absolute Gasteiger partial charge is 0.345 e. The molecule has 134 valence electrons. The van der Waals surface area contributed by atoms with Crippen LogP contribution in [0, 0.1) is 6.92 Å². The largest absolute Gasteiger partial charge is 0.385 e. The second kappa shape index (κ2) is 7.13. The Morgan fingerprint density at radius 1 is 1.36 bits per heavy atom. The summed E-state index contributed by atoms with van der Waals surface area (Å²) in [5.74, 6) is 0.727. The van der Waals surface area contributed by atoms with E-state index in [-0.39, 0.29) is 17.6 Å². The summed E-state index contributed by atoms with van der Waals surface area (Å²) in [6.45, 7) is 5.33. The van der Waals surface area contributed by atoms with Crippen molar-refractivity contribution in [2.75, 3.05) is 11.9 Å². The molecule has 3 rings (SSSR count). The van der Waals surface area contributed by atoms with Crippen LogP contribution in [0.3, 0.4) is 0 Å². The van der Waals surface area contributed by atoms with Gasteiger partial charge in [-0.05, 0) is 38.8 Å². The first-order chi connectivity index (χ1) is 12.0. The number of hydrogen-bond donors (Lipinski definition) is 2. The molecule has 7 nitrogen and oxygen atoms in total. The molecule has 1 amide bonds. The molecule has 7 heteroatoms. The van der Waals surface area contributed by atoms with Crippen molar-refractivity contribution < 1.29 is 4.79 Å². The number of aryl methyl sites for hydroxylation is 3. The van der Waals surface area contributed by atoms with Crippen LogP contribution < -0.4 is 16.3 Å². The summed E-state index contributed by atoms with van der Waals surface area (Å²) in [5, 5.41) is 10.6. The third kappa shape index (κ3) is 3.60. The van der Waals surface area contributed by atoms with Gasteiger partial charge in [0.15, 0.2) is 0 Å². The SMILES string of the molecule is CCNc1ccc(C)cc1C(=O)NC1CCc2nn(C)c(=O)n2CC1. The molecule has 1 aliphatic heterocycles. The van der Waals surface area contributed by atoms with Crippen LogP contribution in [-0.2, 0) is 20.0 Å². The van der Waals surface area contributed by atoms with Crippen molar-refractivity contribution in [2.45, 2.75) is 45.7 Å².